The first-order chi connectivity index (χ1) is 12.7. The highest BCUT2D eigenvalue weighted by atomic mass is 32.2. The summed E-state index contributed by atoms with van der Waals surface area (Å²) in [4.78, 5) is 12.5. The molecule has 0 spiro atoms. The van der Waals surface area contributed by atoms with Gasteiger partial charge in [0.15, 0.2) is 12.4 Å². The Balaban J connectivity index is 2.20. The molecule has 2 aromatic rings. The largest absolute Gasteiger partial charge is 0.478 e. The van der Waals surface area contributed by atoms with Gasteiger partial charge in [0.25, 0.3) is 0 Å². The molecule has 0 N–H and O–H groups in total. The van der Waals surface area contributed by atoms with Crippen LogP contribution in [0.25, 0.3) is 0 Å². The van der Waals surface area contributed by atoms with Crippen LogP contribution in [0.3, 0.4) is 0 Å². The number of hydrogen-bond donors (Lipinski definition) is 0. The molecule has 0 aromatic heterocycles. The van der Waals surface area contributed by atoms with Gasteiger partial charge in [0.05, 0.1) is 11.6 Å². The van der Waals surface area contributed by atoms with Gasteiger partial charge in [-0.15, -0.1) is 11.8 Å². The smallest absolute Gasteiger partial charge is 0.180 e. The lowest BCUT2D eigenvalue weighted by atomic mass is 10.1. The number of ether oxygens (including phenoxy) is 1. The molecular formula is C22H19NO2S. The van der Waals surface area contributed by atoms with Crippen LogP contribution in [-0.2, 0) is 10.5 Å². The Bertz CT molecular complexity index is 833. The molecule has 4 heteroatoms. The topological polar surface area (TPSA) is 50.1 Å². The van der Waals surface area contributed by atoms with Gasteiger partial charge < -0.3 is 4.74 Å². The van der Waals surface area contributed by atoms with Crippen LogP contribution in [0.4, 0.5) is 0 Å². The molecule has 2 rings (SSSR count). The monoisotopic (exact) mass is 361 g/mol. The Hall–Kier alpha value is -3.03. The van der Waals surface area contributed by atoms with Gasteiger partial charge in [0.1, 0.15) is 5.75 Å². The molecule has 0 saturated carbocycles. The summed E-state index contributed by atoms with van der Waals surface area (Å²) in [6.07, 6.45) is 3.28. The van der Waals surface area contributed by atoms with Crippen LogP contribution in [0, 0.1) is 11.3 Å². The van der Waals surface area contributed by atoms with Gasteiger partial charge in [-0.2, -0.15) is 5.26 Å². The normalized spacial score (nSPS) is 12.3. The lowest BCUT2D eigenvalue weighted by molar-refractivity contribution is -0.112. The van der Waals surface area contributed by atoms with Crippen molar-refractivity contribution in [2.75, 3.05) is 0 Å². The second kappa shape index (κ2) is 10.1. The van der Waals surface area contributed by atoms with Crippen molar-refractivity contribution in [2.24, 2.45) is 0 Å². The van der Waals surface area contributed by atoms with Crippen LogP contribution in [0.1, 0.15) is 11.1 Å². The maximum atomic E-state index is 11.6. The molecule has 26 heavy (non-hydrogen) atoms. The number of carbonyl (C=O) groups is 1. The number of thioether (sulfide) groups is 1. The fraction of sp³-hybridized carbons (Fsp3) is 0.0909. The quantitative estimate of drug-likeness (QED) is 0.462. The van der Waals surface area contributed by atoms with E-state index in [4.69, 9.17) is 10.00 Å². The molecule has 0 aliphatic carbocycles. The zero-order valence-electron chi connectivity index (χ0n) is 14.3. The Morgan fingerprint density at radius 1 is 1.12 bits per heavy atom. The highest BCUT2D eigenvalue weighted by Gasteiger charge is 2.17. The van der Waals surface area contributed by atoms with Gasteiger partial charge in [-0.25, -0.2) is 0 Å². The molecule has 130 valence electrons. The third-order valence-corrected chi connectivity index (χ3v) is 4.79. The van der Waals surface area contributed by atoms with Crippen LogP contribution in [-0.4, -0.2) is 12.4 Å². The van der Waals surface area contributed by atoms with Gasteiger partial charge in [0, 0.05) is 16.2 Å². The summed E-state index contributed by atoms with van der Waals surface area (Å²) in [6, 6.07) is 18.7. The van der Waals surface area contributed by atoms with E-state index in [9.17, 15) is 4.79 Å². The van der Waals surface area contributed by atoms with Gasteiger partial charge in [0.2, 0.25) is 0 Å². The van der Waals surface area contributed by atoms with Gasteiger partial charge >= 0.3 is 0 Å². The van der Waals surface area contributed by atoms with Crippen LogP contribution < -0.4 is 4.74 Å². The first-order valence-corrected chi connectivity index (χ1v) is 8.98. The first-order valence-electron chi connectivity index (χ1n) is 7.99. The zero-order valence-corrected chi connectivity index (χ0v) is 15.1. The first kappa shape index (κ1) is 19.3. The molecule has 0 aliphatic heterocycles. The average Bonchev–Trinajstić information content (AvgIpc) is 2.71. The summed E-state index contributed by atoms with van der Waals surface area (Å²) in [7, 11) is 0. The van der Waals surface area contributed by atoms with Crippen molar-refractivity contribution >= 4 is 18.0 Å². The Morgan fingerprint density at radius 3 is 2.35 bits per heavy atom. The summed E-state index contributed by atoms with van der Waals surface area (Å²) in [5.74, 6) is 1.26. The standard InChI is InChI=1S/C22H19NO2S/c1-3-20(22(4-2)26-16-18-8-6-5-7-9-18)21(15-24)25-19-12-10-17(14-23)11-13-19/h3-13,15,21H,1-2,16H2/b22-20-. The molecule has 1 unspecified atom stereocenters. The number of nitriles is 1. The minimum Gasteiger partial charge on any atom is -0.478 e. The van der Waals surface area contributed by atoms with Gasteiger partial charge in [-0.3, -0.25) is 4.79 Å². The number of rotatable bonds is 9. The predicted molar refractivity (Wildman–Crippen MR) is 107 cm³/mol. The van der Waals surface area contributed by atoms with Crippen molar-refractivity contribution in [1.82, 2.24) is 0 Å². The second-order valence-electron chi connectivity index (χ2n) is 5.31. The second-order valence-corrected chi connectivity index (χ2v) is 6.33. The summed E-state index contributed by atoms with van der Waals surface area (Å²) in [5, 5.41) is 8.86. The minimum atomic E-state index is -0.795. The predicted octanol–water partition coefficient (Wildman–Crippen LogP) is 5.06. The summed E-state index contributed by atoms with van der Waals surface area (Å²) in [5.41, 5.74) is 2.38. The molecule has 0 fully saturated rings. The van der Waals surface area contributed by atoms with E-state index in [0.717, 1.165) is 16.9 Å². The van der Waals surface area contributed by atoms with E-state index in [1.165, 1.54) is 5.56 Å². The fourth-order valence-corrected chi connectivity index (χ4v) is 3.27. The van der Waals surface area contributed by atoms with Crippen molar-refractivity contribution in [1.29, 1.82) is 5.26 Å². The Kier molecular flexibility index (Phi) is 7.48. The van der Waals surface area contributed by atoms with Crippen molar-refractivity contribution in [3.05, 3.63) is 102 Å². The maximum absolute atomic E-state index is 11.6. The minimum absolute atomic E-state index is 0.511. The van der Waals surface area contributed by atoms with Crippen molar-refractivity contribution in [2.45, 2.75) is 11.9 Å². The summed E-state index contributed by atoms with van der Waals surface area (Å²) >= 11 is 1.58. The number of nitrogens with zero attached hydrogens (tertiary/aromatic N) is 1. The Labute approximate surface area is 158 Å². The SMILES string of the molecule is C=C/C(SCc1ccccc1)=C(\C=C)C(C=O)Oc1ccc(C#N)cc1. The van der Waals surface area contributed by atoms with Crippen molar-refractivity contribution in [3.8, 4) is 11.8 Å². The van der Waals surface area contributed by atoms with E-state index >= 15 is 0 Å². The summed E-state index contributed by atoms with van der Waals surface area (Å²) < 4.78 is 5.78. The van der Waals surface area contributed by atoms with Crippen LogP contribution in [0.5, 0.6) is 5.75 Å². The van der Waals surface area contributed by atoms with E-state index in [0.29, 0.717) is 16.9 Å². The highest BCUT2D eigenvalue weighted by molar-refractivity contribution is 8.02. The molecule has 0 bridgehead atoms. The maximum Gasteiger partial charge on any atom is 0.180 e. The molecular weight excluding hydrogens is 342 g/mol. The molecule has 1 atom stereocenters. The van der Waals surface area contributed by atoms with Crippen LogP contribution in [0.2, 0.25) is 0 Å². The van der Waals surface area contributed by atoms with Crippen LogP contribution >= 0.6 is 11.8 Å². The van der Waals surface area contributed by atoms with E-state index in [2.05, 4.69) is 13.2 Å². The van der Waals surface area contributed by atoms with Crippen molar-refractivity contribution < 1.29 is 9.53 Å². The molecule has 2 aromatic carbocycles. The third kappa shape index (κ3) is 5.23. The van der Waals surface area contributed by atoms with Gasteiger partial charge in [-0.05, 0) is 29.8 Å². The third-order valence-electron chi connectivity index (χ3n) is 3.60. The number of allylic oxidation sites excluding steroid dienone is 1. The van der Waals surface area contributed by atoms with E-state index in [-0.39, 0.29) is 0 Å². The number of carbonyl (C=O) groups excluding carboxylic acids is 1. The van der Waals surface area contributed by atoms with Crippen LogP contribution in [0.15, 0.2) is 90.4 Å². The molecule has 0 saturated heterocycles. The molecule has 0 amide bonds. The lowest BCUT2D eigenvalue weighted by Gasteiger charge is -2.17. The average molecular weight is 361 g/mol. The van der Waals surface area contributed by atoms with E-state index in [1.807, 2.05) is 36.4 Å². The number of aldehydes is 1. The summed E-state index contributed by atoms with van der Waals surface area (Å²) in [6.45, 7) is 7.68. The number of hydrogen-bond acceptors (Lipinski definition) is 4. The lowest BCUT2D eigenvalue weighted by Crippen LogP contribution is -2.21. The van der Waals surface area contributed by atoms with E-state index < -0.39 is 6.10 Å². The number of benzene rings is 2. The Morgan fingerprint density at radius 2 is 1.81 bits per heavy atom. The zero-order chi connectivity index (χ0) is 18.8. The molecule has 0 heterocycles. The molecule has 0 aliphatic rings. The highest BCUT2D eigenvalue weighted by Crippen LogP contribution is 2.28. The molecule has 3 nitrogen and oxygen atoms in total. The van der Waals surface area contributed by atoms with Crippen molar-refractivity contribution in [3.63, 3.8) is 0 Å². The van der Waals surface area contributed by atoms with Gasteiger partial charge in [-0.1, -0.05) is 55.6 Å². The molecule has 0 radical (unpaired) electrons. The van der Waals surface area contributed by atoms with E-state index in [1.54, 1.807) is 48.2 Å². The fourth-order valence-electron chi connectivity index (χ4n) is 2.27.